The Labute approximate surface area is 129 Å². The number of nitrogens with zero attached hydrogens (tertiary/aromatic N) is 1. The number of hydrogen-bond acceptors (Lipinski definition) is 4. The van der Waals surface area contributed by atoms with Crippen LogP contribution >= 0.6 is 22.7 Å². The molecule has 0 aliphatic carbocycles. The molecule has 1 unspecified atom stereocenters. The zero-order valence-electron chi connectivity index (χ0n) is 12.0. The highest BCUT2D eigenvalue weighted by atomic mass is 32.1. The minimum atomic E-state index is 0.459. The maximum Gasteiger partial charge on any atom is 0.0790 e. The molecule has 3 rings (SSSR count). The number of nitrogens with one attached hydrogen (secondary N) is 1. The fourth-order valence-corrected chi connectivity index (χ4v) is 4.86. The number of hydrogen-bond donors (Lipinski definition) is 1. The van der Waals surface area contributed by atoms with Gasteiger partial charge in [-0.15, -0.1) is 22.7 Å². The molecule has 1 N–H and O–H groups in total. The number of thiophene rings is 2. The Morgan fingerprint density at radius 3 is 2.90 bits per heavy atom. The van der Waals surface area contributed by atoms with Gasteiger partial charge in [-0.2, -0.15) is 0 Å². The van der Waals surface area contributed by atoms with Crippen LogP contribution in [0, 0.1) is 0 Å². The minimum absolute atomic E-state index is 0.459. The Morgan fingerprint density at radius 1 is 1.20 bits per heavy atom. The summed E-state index contributed by atoms with van der Waals surface area (Å²) in [7, 11) is 0. The number of rotatable bonds is 4. The normalized spacial score (nSPS) is 18.9. The van der Waals surface area contributed by atoms with Crippen molar-refractivity contribution < 1.29 is 0 Å². The van der Waals surface area contributed by atoms with Crippen molar-refractivity contribution in [2.24, 2.45) is 0 Å². The molecule has 108 valence electrons. The van der Waals surface area contributed by atoms with Gasteiger partial charge in [-0.25, -0.2) is 0 Å². The molecule has 4 heteroatoms. The quantitative estimate of drug-likeness (QED) is 0.925. The van der Waals surface area contributed by atoms with E-state index in [1.54, 1.807) is 0 Å². The van der Waals surface area contributed by atoms with Crippen LogP contribution in [-0.4, -0.2) is 31.1 Å². The van der Waals surface area contributed by atoms with Crippen LogP contribution in [0.4, 0.5) is 0 Å². The first kappa shape index (κ1) is 14.3. The molecule has 20 heavy (non-hydrogen) atoms. The van der Waals surface area contributed by atoms with Crippen LogP contribution in [0.5, 0.6) is 0 Å². The lowest BCUT2D eigenvalue weighted by atomic mass is 10.1. The zero-order valence-corrected chi connectivity index (χ0v) is 13.6. The fourth-order valence-electron chi connectivity index (χ4n) is 2.80. The summed E-state index contributed by atoms with van der Waals surface area (Å²) in [6.45, 7) is 6.83. The second-order valence-corrected chi connectivity index (χ2v) is 7.39. The third kappa shape index (κ3) is 3.14. The summed E-state index contributed by atoms with van der Waals surface area (Å²) in [5, 5.41) is 5.71. The van der Waals surface area contributed by atoms with E-state index >= 15 is 0 Å². The van der Waals surface area contributed by atoms with E-state index in [0.29, 0.717) is 6.04 Å². The largest absolute Gasteiger partial charge is 0.315 e. The monoisotopic (exact) mass is 306 g/mol. The Kier molecular flexibility index (Phi) is 4.89. The highest BCUT2D eigenvalue weighted by molar-refractivity contribution is 7.13. The van der Waals surface area contributed by atoms with Gasteiger partial charge in [0.1, 0.15) is 0 Å². The van der Waals surface area contributed by atoms with Crippen molar-refractivity contribution in [2.75, 3.05) is 26.2 Å². The fraction of sp³-hybridized carbons (Fsp3) is 0.500. The third-order valence-corrected chi connectivity index (χ3v) is 6.06. The van der Waals surface area contributed by atoms with E-state index in [1.807, 2.05) is 22.7 Å². The highest BCUT2D eigenvalue weighted by Crippen LogP contribution is 2.36. The van der Waals surface area contributed by atoms with Crippen molar-refractivity contribution in [3.8, 4) is 0 Å². The molecular formula is C16H22N2S2. The van der Waals surface area contributed by atoms with Gasteiger partial charge in [0.2, 0.25) is 0 Å². The molecule has 1 aliphatic rings. The predicted octanol–water partition coefficient (Wildman–Crippen LogP) is 3.76. The van der Waals surface area contributed by atoms with Crippen LogP contribution in [0.1, 0.15) is 34.0 Å². The molecule has 1 aliphatic heterocycles. The van der Waals surface area contributed by atoms with Gasteiger partial charge in [0.15, 0.2) is 0 Å². The lowest BCUT2D eigenvalue weighted by Crippen LogP contribution is -2.32. The maximum absolute atomic E-state index is 3.51. The molecule has 2 aromatic heterocycles. The van der Waals surface area contributed by atoms with Crippen molar-refractivity contribution in [3.05, 3.63) is 44.3 Å². The number of aryl methyl sites for hydroxylation is 1. The molecule has 0 amide bonds. The van der Waals surface area contributed by atoms with E-state index in [4.69, 9.17) is 0 Å². The second kappa shape index (κ2) is 6.85. The summed E-state index contributed by atoms with van der Waals surface area (Å²) in [5.41, 5.74) is 0. The lowest BCUT2D eigenvalue weighted by Gasteiger charge is -2.29. The molecule has 2 nitrogen and oxygen atoms in total. The van der Waals surface area contributed by atoms with Crippen molar-refractivity contribution >= 4 is 22.7 Å². The van der Waals surface area contributed by atoms with Crippen LogP contribution in [0.25, 0.3) is 0 Å². The SMILES string of the molecule is CCc1ccc(C(c2cccs2)N2CCCNCC2)s1. The van der Waals surface area contributed by atoms with E-state index in [-0.39, 0.29) is 0 Å². The molecule has 0 bridgehead atoms. The summed E-state index contributed by atoms with van der Waals surface area (Å²) in [6, 6.07) is 9.57. The Bertz CT molecular complexity index is 510. The molecule has 0 saturated carbocycles. The average Bonchev–Trinajstić information content (AvgIpc) is 3.08. The van der Waals surface area contributed by atoms with Gasteiger partial charge in [-0.05, 0) is 43.0 Å². The molecule has 0 aromatic carbocycles. The van der Waals surface area contributed by atoms with Crippen LogP contribution in [0.2, 0.25) is 0 Å². The lowest BCUT2D eigenvalue weighted by molar-refractivity contribution is 0.247. The van der Waals surface area contributed by atoms with E-state index < -0.39 is 0 Å². The molecule has 1 atom stereocenters. The maximum atomic E-state index is 3.51. The van der Waals surface area contributed by atoms with Gasteiger partial charge in [-0.3, -0.25) is 4.90 Å². The van der Waals surface area contributed by atoms with Crippen molar-refractivity contribution in [2.45, 2.75) is 25.8 Å². The van der Waals surface area contributed by atoms with Gasteiger partial charge in [0.25, 0.3) is 0 Å². The second-order valence-electron chi connectivity index (χ2n) is 5.22. The third-order valence-electron chi connectivity index (χ3n) is 3.85. The Hall–Kier alpha value is -0.680. The molecule has 1 fully saturated rings. The van der Waals surface area contributed by atoms with E-state index in [0.717, 1.165) is 26.1 Å². The molecule has 1 saturated heterocycles. The first-order valence-electron chi connectivity index (χ1n) is 7.45. The van der Waals surface area contributed by atoms with E-state index in [9.17, 15) is 0 Å². The Balaban J connectivity index is 1.90. The summed E-state index contributed by atoms with van der Waals surface area (Å²) in [4.78, 5) is 7.13. The smallest absolute Gasteiger partial charge is 0.0790 e. The van der Waals surface area contributed by atoms with Gasteiger partial charge in [-0.1, -0.05) is 13.0 Å². The molecule has 2 aromatic rings. The van der Waals surface area contributed by atoms with Gasteiger partial charge in [0.05, 0.1) is 6.04 Å². The van der Waals surface area contributed by atoms with Gasteiger partial charge >= 0.3 is 0 Å². The molecule has 3 heterocycles. The molecular weight excluding hydrogens is 284 g/mol. The van der Waals surface area contributed by atoms with Crippen molar-refractivity contribution in [1.29, 1.82) is 0 Å². The first-order chi connectivity index (χ1) is 9.88. The summed E-state index contributed by atoms with van der Waals surface area (Å²) in [5.74, 6) is 0. The van der Waals surface area contributed by atoms with Crippen molar-refractivity contribution in [1.82, 2.24) is 10.2 Å². The highest BCUT2D eigenvalue weighted by Gasteiger charge is 2.25. The minimum Gasteiger partial charge on any atom is -0.315 e. The summed E-state index contributed by atoms with van der Waals surface area (Å²) >= 11 is 3.87. The molecule has 0 spiro atoms. The molecule has 0 radical (unpaired) electrons. The van der Waals surface area contributed by atoms with Crippen LogP contribution in [-0.2, 0) is 6.42 Å². The van der Waals surface area contributed by atoms with Crippen molar-refractivity contribution in [3.63, 3.8) is 0 Å². The summed E-state index contributed by atoms with van der Waals surface area (Å²) in [6.07, 6.45) is 2.39. The van der Waals surface area contributed by atoms with Gasteiger partial charge < -0.3 is 5.32 Å². The van der Waals surface area contributed by atoms with Crippen LogP contribution < -0.4 is 5.32 Å². The van der Waals surface area contributed by atoms with E-state index in [2.05, 4.69) is 46.8 Å². The Morgan fingerprint density at radius 2 is 2.15 bits per heavy atom. The standard InChI is InChI=1S/C16H22N2S2/c1-2-13-6-7-15(20-13)16(14-5-3-12-19-14)18-10-4-8-17-9-11-18/h3,5-7,12,16-17H,2,4,8-11H2,1H3. The predicted molar refractivity (Wildman–Crippen MR) is 88.9 cm³/mol. The van der Waals surface area contributed by atoms with E-state index in [1.165, 1.54) is 27.6 Å². The average molecular weight is 307 g/mol. The summed E-state index contributed by atoms with van der Waals surface area (Å²) < 4.78 is 0. The topological polar surface area (TPSA) is 15.3 Å². The van der Waals surface area contributed by atoms with Crippen LogP contribution in [0.15, 0.2) is 29.6 Å². The van der Waals surface area contributed by atoms with Gasteiger partial charge in [0, 0.05) is 34.3 Å². The first-order valence-corrected chi connectivity index (χ1v) is 9.15. The van der Waals surface area contributed by atoms with Crippen LogP contribution in [0.3, 0.4) is 0 Å². The zero-order chi connectivity index (χ0) is 13.8.